The van der Waals surface area contributed by atoms with E-state index in [0.29, 0.717) is 0 Å². The van der Waals surface area contributed by atoms with Gasteiger partial charge in [0.2, 0.25) is 0 Å². The van der Waals surface area contributed by atoms with Crippen molar-refractivity contribution < 1.29 is 0 Å². The fraction of sp³-hybridized carbons (Fsp3) is 1.00. The van der Waals surface area contributed by atoms with Crippen molar-refractivity contribution in [2.45, 2.75) is 18.6 Å². The molecule has 3 heteroatoms. The molecule has 0 aromatic carbocycles. The van der Waals surface area contributed by atoms with Crippen molar-refractivity contribution in [2.75, 3.05) is 39.6 Å². The maximum absolute atomic E-state index is 4.50. The highest BCUT2D eigenvalue weighted by Crippen LogP contribution is 2.23. The first-order chi connectivity index (χ1) is 5.31. The van der Waals surface area contributed by atoms with Crippen molar-refractivity contribution in [3.05, 3.63) is 0 Å². The van der Waals surface area contributed by atoms with Crippen LogP contribution in [0.3, 0.4) is 0 Å². The number of nitrogens with zero attached hydrogens (tertiary/aromatic N) is 1. The average molecular weight is 207 g/mol. The molecule has 0 aliphatic heterocycles. The van der Waals surface area contributed by atoms with Gasteiger partial charge in [-0.25, -0.2) is 0 Å². The van der Waals surface area contributed by atoms with Crippen molar-refractivity contribution in [1.29, 1.82) is 0 Å². The SMILES string of the molecule is CN(CCP(C)C)CC(C)(C)S. The molecule has 0 amide bonds. The van der Waals surface area contributed by atoms with Crippen molar-refractivity contribution in [3.63, 3.8) is 0 Å². The van der Waals surface area contributed by atoms with Crippen LogP contribution in [0.1, 0.15) is 13.8 Å². The second-order valence-corrected chi connectivity index (χ2v) is 8.17. The minimum atomic E-state index is 0.138. The summed E-state index contributed by atoms with van der Waals surface area (Å²) >= 11 is 4.50. The third-order valence-corrected chi connectivity index (χ3v) is 2.82. The number of hydrogen-bond acceptors (Lipinski definition) is 2. The van der Waals surface area contributed by atoms with Gasteiger partial charge < -0.3 is 4.90 Å². The molecule has 0 heterocycles. The molecule has 0 spiro atoms. The highest BCUT2D eigenvalue weighted by atomic mass is 32.1. The lowest BCUT2D eigenvalue weighted by atomic mass is 10.2. The zero-order valence-electron chi connectivity index (χ0n) is 8.96. The monoisotopic (exact) mass is 207 g/mol. The van der Waals surface area contributed by atoms with E-state index in [9.17, 15) is 0 Å². The number of hydrogen-bond donors (Lipinski definition) is 1. The first kappa shape index (κ1) is 12.7. The Labute approximate surface area is 84.1 Å². The summed E-state index contributed by atoms with van der Waals surface area (Å²) in [6, 6.07) is 0. The first-order valence-electron chi connectivity index (χ1n) is 4.37. The van der Waals surface area contributed by atoms with Crippen LogP contribution >= 0.6 is 20.6 Å². The van der Waals surface area contributed by atoms with E-state index >= 15 is 0 Å². The summed E-state index contributed by atoms with van der Waals surface area (Å²) in [5.74, 6) is 0. The van der Waals surface area contributed by atoms with Crippen molar-refractivity contribution in [3.8, 4) is 0 Å². The lowest BCUT2D eigenvalue weighted by Gasteiger charge is -2.26. The molecule has 0 saturated heterocycles. The highest BCUT2D eigenvalue weighted by Gasteiger charge is 2.13. The van der Waals surface area contributed by atoms with E-state index in [1.165, 1.54) is 12.7 Å². The molecule has 1 nitrogen and oxygen atoms in total. The molecule has 0 fully saturated rings. The van der Waals surface area contributed by atoms with Crippen LogP contribution in [0.5, 0.6) is 0 Å². The van der Waals surface area contributed by atoms with Crippen LogP contribution in [-0.4, -0.2) is 49.3 Å². The summed E-state index contributed by atoms with van der Waals surface area (Å²) in [4.78, 5) is 2.37. The van der Waals surface area contributed by atoms with Gasteiger partial charge in [0.15, 0.2) is 0 Å². The zero-order valence-corrected chi connectivity index (χ0v) is 10.8. The normalized spacial score (nSPS) is 13.0. The van der Waals surface area contributed by atoms with Gasteiger partial charge in [0.05, 0.1) is 0 Å². The maximum atomic E-state index is 4.50. The van der Waals surface area contributed by atoms with Gasteiger partial charge in [-0.1, -0.05) is 0 Å². The molecule has 0 aliphatic rings. The predicted molar refractivity (Wildman–Crippen MR) is 64.2 cm³/mol. The van der Waals surface area contributed by atoms with Crippen LogP contribution in [0.15, 0.2) is 0 Å². The van der Waals surface area contributed by atoms with Gasteiger partial charge in [-0.15, -0.1) is 7.92 Å². The Kier molecular flexibility index (Phi) is 5.80. The quantitative estimate of drug-likeness (QED) is 0.535. The molecule has 0 atom stereocenters. The first-order valence-corrected chi connectivity index (χ1v) is 7.24. The highest BCUT2D eigenvalue weighted by molar-refractivity contribution is 7.81. The van der Waals surface area contributed by atoms with Crippen LogP contribution in [0.2, 0.25) is 0 Å². The molecule has 12 heavy (non-hydrogen) atoms. The van der Waals surface area contributed by atoms with E-state index in [2.05, 4.69) is 51.8 Å². The third-order valence-electron chi connectivity index (χ3n) is 1.59. The van der Waals surface area contributed by atoms with Crippen molar-refractivity contribution >= 4 is 20.6 Å². The second kappa shape index (κ2) is 5.47. The largest absolute Gasteiger partial charge is 0.305 e. The van der Waals surface area contributed by atoms with Crippen LogP contribution in [0.4, 0.5) is 0 Å². The van der Waals surface area contributed by atoms with Crippen LogP contribution in [0.25, 0.3) is 0 Å². The molecule has 0 aromatic rings. The van der Waals surface area contributed by atoms with E-state index < -0.39 is 0 Å². The van der Waals surface area contributed by atoms with Crippen LogP contribution in [0, 0.1) is 0 Å². The molecular formula is C9H22NPS. The van der Waals surface area contributed by atoms with E-state index in [4.69, 9.17) is 0 Å². The molecule has 0 unspecified atom stereocenters. The smallest absolute Gasteiger partial charge is 0.0200 e. The van der Waals surface area contributed by atoms with E-state index in [0.717, 1.165) is 6.54 Å². The van der Waals surface area contributed by atoms with Gasteiger partial charge in [0.25, 0.3) is 0 Å². The minimum absolute atomic E-state index is 0.138. The predicted octanol–water partition coefficient (Wildman–Crippen LogP) is 2.37. The van der Waals surface area contributed by atoms with Gasteiger partial charge in [0, 0.05) is 17.8 Å². The molecule has 0 radical (unpaired) electrons. The average Bonchev–Trinajstić information content (AvgIpc) is 1.79. The zero-order chi connectivity index (χ0) is 9.78. The fourth-order valence-electron chi connectivity index (χ4n) is 1.11. The Morgan fingerprint density at radius 3 is 2.17 bits per heavy atom. The van der Waals surface area contributed by atoms with Crippen molar-refractivity contribution in [1.82, 2.24) is 4.90 Å². The Balaban J connectivity index is 3.53. The molecular weight excluding hydrogens is 185 g/mol. The van der Waals surface area contributed by atoms with Gasteiger partial charge in [-0.05, 0) is 40.4 Å². The summed E-state index contributed by atoms with van der Waals surface area (Å²) in [5, 5.41) is 0. The van der Waals surface area contributed by atoms with E-state index in [-0.39, 0.29) is 12.7 Å². The van der Waals surface area contributed by atoms with Crippen molar-refractivity contribution in [2.24, 2.45) is 0 Å². The lowest BCUT2D eigenvalue weighted by molar-refractivity contribution is 0.329. The topological polar surface area (TPSA) is 3.24 Å². The number of rotatable bonds is 5. The van der Waals surface area contributed by atoms with Gasteiger partial charge in [-0.2, -0.15) is 12.6 Å². The Hall–Kier alpha value is 0.740. The van der Waals surface area contributed by atoms with Gasteiger partial charge in [-0.3, -0.25) is 0 Å². The Morgan fingerprint density at radius 1 is 1.33 bits per heavy atom. The van der Waals surface area contributed by atoms with Crippen LogP contribution in [-0.2, 0) is 0 Å². The second-order valence-electron chi connectivity index (χ2n) is 4.35. The lowest BCUT2D eigenvalue weighted by Crippen LogP contribution is -2.33. The molecule has 0 aliphatic carbocycles. The fourth-order valence-corrected chi connectivity index (χ4v) is 2.09. The maximum Gasteiger partial charge on any atom is 0.0200 e. The standard InChI is InChI=1S/C9H22NPS/c1-9(2,12)8-10(3)6-7-11(4)5/h12H,6-8H2,1-5H3. The molecule has 74 valence electrons. The van der Waals surface area contributed by atoms with Gasteiger partial charge in [0.1, 0.15) is 0 Å². The molecule has 0 rings (SSSR count). The molecule has 0 bridgehead atoms. The van der Waals surface area contributed by atoms with Gasteiger partial charge >= 0.3 is 0 Å². The summed E-state index contributed by atoms with van der Waals surface area (Å²) in [6.07, 6.45) is 1.34. The molecule has 0 saturated carbocycles. The molecule has 0 N–H and O–H groups in total. The third kappa shape index (κ3) is 8.83. The summed E-state index contributed by atoms with van der Waals surface area (Å²) in [7, 11) is 2.44. The summed E-state index contributed by atoms with van der Waals surface area (Å²) in [6.45, 7) is 11.3. The minimum Gasteiger partial charge on any atom is -0.305 e. The Morgan fingerprint density at radius 2 is 1.83 bits per heavy atom. The number of thiol groups is 1. The Bertz CT molecular complexity index is 120. The summed E-state index contributed by atoms with van der Waals surface area (Å²) < 4.78 is 0.138. The van der Waals surface area contributed by atoms with Crippen LogP contribution < -0.4 is 0 Å². The van der Waals surface area contributed by atoms with E-state index in [1.807, 2.05) is 0 Å². The van der Waals surface area contributed by atoms with E-state index in [1.54, 1.807) is 0 Å². The summed E-state index contributed by atoms with van der Waals surface area (Å²) in [5.41, 5.74) is 0. The molecule has 0 aromatic heterocycles.